The first-order valence-corrected chi connectivity index (χ1v) is 5.81. The van der Waals surface area contributed by atoms with Crippen molar-refractivity contribution in [3.8, 4) is 11.6 Å². The zero-order valence-corrected chi connectivity index (χ0v) is 10.9. The normalized spacial score (nSPS) is 10.1. The van der Waals surface area contributed by atoms with Crippen molar-refractivity contribution in [3.63, 3.8) is 0 Å². The van der Waals surface area contributed by atoms with Crippen LogP contribution in [0.15, 0.2) is 30.3 Å². The molecule has 1 aromatic heterocycles. The number of aromatic nitrogens is 1. The summed E-state index contributed by atoms with van der Waals surface area (Å²) in [5.74, 6) is -0.841. The van der Waals surface area contributed by atoms with Crippen molar-refractivity contribution < 1.29 is 19.6 Å². The van der Waals surface area contributed by atoms with E-state index in [0.29, 0.717) is 11.3 Å². The molecule has 0 amide bonds. The van der Waals surface area contributed by atoms with Crippen molar-refractivity contribution >= 4 is 17.5 Å². The van der Waals surface area contributed by atoms with Gasteiger partial charge in [0, 0.05) is 12.1 Å². The summed E-state index contributed by atoms with van der Waals surface area (Å²) in [6.07, 6.45) is 0. The number of carboxylic acid groups (broad SMARTS) is 1. The van der Waals surface area contributed by atoms with Crippen molar-refractivity contribution in [2.24, 2.45) is 0 Å². The lowest BCUT2D eigenvalue weighted by molar-refractivity contribution is -0.384. The number of rotatable bonds is 4. The largest absolute Gasteiger partial charge is 0.478 e. The Labute approximate surface area is 119 Å². The third-order valence-corrected chi connectivity index (χ3v) is 2.72. The summed E-state index contributed by atoms with van der Waals surface area (Å²) in [6.45, 7) is 1.63. The van der Waals surface area contributed by atoms with Crippen LogP contribution < -0.4 is 10.5 Å². The van der Waals surface area contributed by atoms with Crippen LogP contribution in [0.5, 0.6) is 11.6 Å². The second-order valence-electron chi connectivity index (χ2n) is 4.19. The molecule has 2 aromatic rings. The second-order valence-corrected chi connectivity index (χ2v) is 4.19. The van der Waals surface area contributed by atoms with Gasteiger partial charge in [0.25, 0.3) is 0 Å². The summed E-state index contributed by atoms with van der Waals surface area (Å²) in [5.41, 5.74) is 5.84. The molecule has 108 valence electrons. The van der Waals surface area contributed by atoms with Crippen LogP contribution in [0.2, 0.25) is 0 Å². The maximum absolute atomic E-state index is 10.9. The number of carbonyl (C=O) groups is 1. The monoisotopic (exact) mass is 289 g/mol. The predicted molar refractivity (Wildman–Crippen MR) is 73.5 cm³/mol. The minimum Gasteiger partial charge on any atom is -0.478 e. The first-order valence-electron chi connectivity index (χ1n) is 5.81. The number of benzene rings is 1. The number of aromatic carboxylic acids is 1. The molecule has 0 saturated heterocycles. The molecule has 0 spiro atoms. The van der Waals surface area contributed by atoms with Gasteiger partial charge in [-0.15, -0.1) is 0 Å². The zero-order valence-electron chi connectivity index (χ0n) is 10.9. The van der Waals surface area contributed by atoms with Crippen LogP contribution in [0.25, 0.3) is 0 Å². The Kier molecular flexibility index (Phi) is 3.70. The van der Waals surface area contributed by atoms with Crippen molar-refractivity contribution in [2.75, 3.05) is 5.73 Å². The highest BCUT2D eigenvalue weighted by atomic mass is 16.6. The Morgan fingerprint density at radius 2 is 2.10 bits per heavy atom. The SMILES string of the molecule is Cc1cc(Oc2ccc([N+](=O)[O-])c(N)n2)ccc1C(=O)O. The molecule has 0 unspecified atom stereocenters. The molecular weight excluding hydrogens is 278 g/mol. The van der Waals surface area contributed by atoms with Gasteiger partial charge in [0.05, 0.1) is 10.5 Å². The molecule has 1 aromatic carbocycles. The lowest BCUT2D eigenvalue weighted by Crippen LogP contribution is -2.01. The zero-order chi connectivity index (χ0) is 15.6. The van der Waals surface area contributed by atoms with E-state index in [2.05, 4.69) is 4.98 Å². The van der Waals surface area contributed by atoms with Gasteiger partial charge in [-0.05, 0) is 30.7 Å². The highest BCUT2D eigenvalue weighted by molar-refractivity contribution is 5.89. The highest BCUT2D eigenvalue weighted by Crippen LogP contribution is 2.26. The Balaban J connectivity index is 2.26. The van der Waals surface area contributed by atoms with E-state index >= 15 is 0 Å². The van der Waals surface area contributed by atoms with Crippen LogP contribution in [0.1, 0.15) is 15.9 Å². The molecule has 0 fully saturated rings. The van der Waals surface area contributed by atoms with E-state index in [0.717, 1.165) is 0 Å². The van der Waals surface area contributed by atoms with Crippen LogP contribution in [0.3, 0.4) is 0 Å². The summed E-state index contributed by atoms with van der Waals surface area (Å²) in [4.78, 5) is 24.7. The predicted octanol–water partition coefficient (Wildman–Crippen LogP) is 2.37. The Bertz CT molecular complexity index is 668. The number of hydrogen-bond donors (Lipinski definition) is 2. The average Bonchev–Trinajstić information content (AvgIpc) is 2.37. The van der Waals surface area contributed by atoms with E-state index < -0.39 is 10.9 Å². The van der Waals surface area contributed by atoms with E-state index in [1.165, 1.54) is 30.3 Å². The molecule has 8 nitrogen and oxygen atoms in total. The van der Waals surface area contributed by atoms with Crippen molar-refractivity contribution in [1.29, 1.82) is 0 Å². The molecule has 0 aliphatic heterocycles. The smallest absolute Gasteiger partial charge is 0.335 e. The number of nitrogens with two attached hydrogens (primary N) is 1. The molecule has 0 bridgehead atoms. The summed E-state index contributed by atoms with van der Waals surface area (Å²) >= 11 is 0. The fraction of sp³-hybridized carbons (Fsp3) is 0.0769. The Morgan fingerprint density at radius 3 is 2.62 bits per heavy atom. The van der Waals surface area contributed by atoms with Gasteiger partial charge >= 0.3 is 11.7 Å². The minimum absolute atomic E-state index is 0.0839. The topological polar surface area (TPSA) is 129 Å². The molecule has 0 saturated carbocycles. The number of pyridine rings is 1. The number of aryl methyl sites for hydroxylation is 1. The number of nitro groups is 1. The molecule has 0 aliphatic rings. The van der Waals surface area contributed by atoms with Crippen LogP contribution in [-0.4, -0.2) is 21.0 Å². The number of ether oxygens (including phenoxy) is 1. The van der Waals surface area contributed by atoms with Crippen LogP contribution in [-0.2, 0) is 0 Å². The van der Waals surface area contributed by atoms with Gasteiger partial charge in [-0.3, -0.25) is 10.1 Å². The molecule has 21 heavy (non-hydrogen) atoms. The number of nitrogen functional groups attached to an aromatic ring is 1. The lowest BCUT2D eigenvalue weighted by atomic mass is 10.1. The van der Waals surface area contributed by atoms with Gasteiger partial charge in [-0.2, -0.15) is 4.98 Å². The van der Waals surface area contributed by atoms with Gasteiger partial charge in [0.15, 0.2) is 0 Å². The summed E-state index contributed by atoms with van der Waals surface area (Å²) in [7, 11) is 0. The fourth-order valence-electron chi connectivity index (χ4n) is 1.72. The van der Waals surface area contributed by atoms with Gasteiger partial charge < -0.3 is 15.6 Å². The molecule has 3 N–H and O–H groups in total. The minimum atomic E-state index is -1.03. The van der Waals surface area contributed by atoms with E-state index in [1.807, 2.05) is 0 Å². The van der Waals surface area contributed by atoms with Crippen molar-refractivity contribution in [1.82, 2.24) is 4.98 Å². The molecule has 8 heteroatoms. The first-order chi connectivity index (χ1) is 9.88. The summed E-state index contributed by atoms with van der Waals surface area (Å²) < 4.78 is 5.40. The van der Waals surface area contributed by atoms with Gasteiger partial charge in [-0.1, -0.05) is 0 Å². The van der Waals surface area contributed by atoms with E-state index in [9.17, 15) is 14.9 Å². The maximum Gasteiger partial charge on any atom is 0.335 e. The van der Waals surface area contributed by atoms with Crippen molar-refractivity contribution in [3.05, 3.63) is 51.6 Å². The van der Waals surface area contributed by atoms with Crippen LogP contribution in [0, 0.1) is 17.0 Å². The number of carboxylic acids is 1. The third-order valence-electron chi connectivity index (χ3n) is 2.72. The van der Waals surface area contributed by atoms with E-state index in [4.69, 9.17) is 15.6 Å². The molecule has 0 atom stereocenters. The molecule has 1 heterocycles. The first kappa shape index (κ1) is 14.3. The average molecular weight is 289 g/mol. The van der Waals surface area contributed by atoms with Gasteiger partial charge in [0.2, 0.25) is 11.7 Å². The summed E-state index contributed by atoms with van der Waals surface area (Å²) in [6, 6.07) is 6.91. The van der Waals surface area contributed by atoms with Gasteiger partial charge in [0.1, 0.15) is 5.75 Å². The summed E-state index contributed by atoms with van der Waals surface area (Å²) in [5, 5.41) is 19.6. The molecule has 2 rings (SSSR count). The Morgan fingerprint density at radius 1 is 1.38 bits per heavy atom. The van der Waals surface area contributed by atoms with Crippen molar-refractivity contribution in [2.45, 2.75) is 6.92 Å². The fourth-order valence-corrected chi connectivity index (χ4v) is 1.72. The van der Waals surface area contributed by atoms with Crippen LogP contribution >= 0.6 is 0 Å². The Hall–Kier alpha value is -3.16. The molecule has 0 radical (unpaired) electrons. The van der Waals surface area contributed by atoms with Gasteiger partial charge in [-0.25, -0.2) is 4.79 Å². The number of nitrogens with zero attached hydrogens (tertiary/aromatic N) is 2. The van der Waals surface area contributed by atoms with Crippen LogP contribution in [0.4, 0.5) is 11.5 Å². The number of anilines is 1. The standard InChI is InChI=1S/C13H11N3O5/c1-7-6-8(2-3-9(7)13(17)18)21-11-5-4-10(16(19)20)12(14)15-11/h2-6H,1H3,(H2,14,15)(H,17,18). The molecular formula is C13H11N3O5. The maximum atomic E-state index is 10.9. The third kappa shape index (κ3) is 3.06. The molecule has 0 aliphatic carbocycles. The van der Waals surface area contributed by atoms with E-state index in [1.54, 1.807) is 6.92 Å². The van der Waals surface area contributed by atoms with E-state index in [-0.39, 0.29) is 22.9 Å². The number of hydrogen-bond acceptors (Lipinski definition) is 6. The lowest BCUT2D eigenvalue weighted by Gasteiger charge is -2.07. The quantitative estimate of drug-likeness (QED) is 0.652. The highest BCUT2D eigenvalue weighted by Gasteiger charge is 2.14. The second kappa shape index (κ2) is 5.45.